The van der Waals surface area contributed by atoms with Gasteiger partial charge in [-0.1, -0.05) is 23.9 Å². The fraction of sp³-hybridized carbons (Fsp3) is 0.471. The Morgan fingerprint density at radius 2 is 1.96 bits per heavy atom. The summed E-state index contributed by atoms with van der Waals surface area (Å²) in [5, 5.41) is 11.5. The number of hydrogen-bond acceptors (Lipinski definition) is 5. The average Bonchev–Trinajstić information content (AvgIpc) is 3.51. The van der Waals surface area contributed by atoms with E-state index in [0.717, 1.165) is 0 Å². The van der Waals surface area contributed by atoms with Gasteiger partial charge in [-0.3, -0.25) is 4.79 Å². The Hall–Kier alpha value is -2.09. The molecule has 8 heteroatoms. The Morgan fingerprint density at radius 3 is 2.60 bits per heavy atom. The van der Waals surface area contributed by atoms with Crippen LogP contribution in [0.2, 0.25) is 0 Å². The molecule has 0 atom stereocenters. The van der Waals surface area contributed by atoms with E-state index in [2.05, 4.69) is 15.5 Å². The number of nitrogens with one attached hydrogen (secondary N) is 1. The van der Waals surface area contributed by atoms with Crippen molar-refractivity contribution in [2.45, 2.75) is 36.9 Å². The Kier molecular flexibility index (Phi) is 4.37. The minimum atomic E-state index is -0.410. The van der Waals surface area contributed by atoms with E-state index in [9.17, 15) is 9.18 Å². The maximum Gasteiger partial charge on any atom is 0.230 e. The molecular formula is C17H20FN5OS. The van der Waals surface area contributed by atoms with Crippen molar-refractivity contribution in [2.75, 3.05) is 11.6 Å². The molecule has 4 rings (SSSR count). The Bertz CT molecular complexity index is 775. The number of thioether (sulfide) groups is 1. The lowest BCUT2D eigenvalue weighted by molar-refractivity contribution is -0.119. The van der Waals surface area contributed by atoms with Gasteiger partial charge in [0.2, 0.25) is 11.1 Å². The van der Waals surface area contributed by atoms with Crippen LogP contribution in [-0.4, -0.2) is 32.6 Å². The molecule has 6 nitrogen and oxygen atoms in total. The normalized spacial score (nSPS) is 17.0. The minimum Gasteiger partial charge on any atom is -0.352 e. The van der Waals surface area contributed by atoms with Gasteiger partial charge in [-0.15, -0.1) is 10.2 Å². The lowest BCUT2D eigenvalue weighted by Gasteiger charge is -2.17. The Morgan fingerprint density at radius 1 is 1.28 bits per heavy atom. The van der Waals surface area contributed by atoms with Gasteiger partial charge in [-0.05, 0) is 49.7 Å². The summed E-state index contributed by atoms with van der Waals surface area (Å²) in [6.45, 7) is 0. The first kappa shape index (κ1) is 16.4. The summed E-state index contributed by atoms with van der Waals surface area (Å²) >= 11 is 1.21. The number of benzene rings is 1. The van der Waals surface area contributed by atoms with Crippen LogP contribution in [0.5, 0.6) is 0 Å². The molecule has 0 radical (unpaired) electrons. The van der Waals surface area contributed by atoms with E-state index in [4.69, 9.17) is 5.84 Å². The summed E-state index contributed by atoms with van der Waals surface area (Å²) in [6, 6.07) is 6.59. The smallest absolute Gasteiger partial charge is 0.230 e. The highest BCUT2D eigenvalue weighted by Gasteiger charge is 2.42. The molecule has 2 aromatic rings. The number of hydrogen-bond donors (Lipinski definition) is 2. The number of carbonyl (C=O) groups is 1. The molecule has 0 unspecified atom stereocenters. The molecule has 25 heavy (non-hydrogen) atoms. The monoisotopic (exact) mass is 361 g/mol. The van der Waals surface area contributed by atoms with E-state index >= 15 is 0 Å². The molecule has 0 saturated heterocycles. The third-order valence-electron chi connectivity index (χ3n) is 4.70. The van der Waals surface area contributed by atoms with Crippen molar-refractivity contribution in [3.8, 4) is 11.4 Å². The van der Waals surface area contributed by atoms with Crippen LogP contribution in [-0.2, 0) is 4.79 Å². The van der Waals surface area contributed by atoms with Gasteiger partial charge in [0.1, 0.15) is 5.82 Å². The van der Waals surface area contributed by atoms with Crippen molar-refractivity contribution in [3.05, 3.63) is 30.1 Å². The molecule has 2 saturated carbocycles. The highest BCUT2D eigenvalue weighted by molar-refractivity contribution is 7.99. The fourth-order valence-corrected chi connectivity index (χ4v) is 3.76. The van der Waals surface area contributed by atoms with Gasteiger partial charge in [0.25, 0.3) is 0 Å². The van der Waals surface area contributed by atoms with Crippen molar-refractivity contribution in [2.24, 2.45) is 11.8 Å². The van der Waals surface area contributed by atoms with Gasteiger partial charge >= 0.3 is 0 Å². The minimum absolute atomic E-state index is 0.00996. The summed E-state index contributed by atoms with van der Waals surface area (Å²) in [5.41, 5.74) is 0.288. The third-order valence-corrected chi connectivity index (χ3v) is 5.64. The Labute approximate surface area is 149 Å². The molecule has 1 aromatic carbocycles. The van der Waals surface area contributed by atoms with Gasteiger partial charge in [0.15, 0.2) is 5.82 Å². The lowest BCUT2D eigenvalue weighted by Crippen LogP contribution is -2.39. The van der Waals surface area contributed by atoms with Crippen LogP contribution in [0, 0.1) is 17.7 Å². The van der Waals surface area contributed by atoms with Gasteiger partial charge in [-0.2, -0.15) is 0 Å². The number of amides is 1. The average molecular weight is 361 g/mol. The zero-order valence-corrected chi connectivity index (χ0v) is 14.5. The van der Waals surface area contributed by atoms with E-state index in [1.807, 2.05) is 0 Å². The first-order chi connectivity index (χ1) is 12.1. The molecule has 3 N–H and O–H groups in total. The molecule has 2 aliphatic rings. The maximum absolute atomic E-state index is 13.9. The molecular weight excluding hydrogens is 341 g/mol. The number of nitrogens with zero attached hydrogens (tertiary/aromatic N) is 3. The summed E-state index contributed by atoms with van der Waals surface area (Å²) in [6.07, 6.45) is 4.88. The summed E-state index contributed by atoms with van der Waals surface area (Å²) < 4.78 is 15.1. The molecule has 1 amide bonds. The molecule has 132 valence electrons. The second-order valence-corrected chi connectivity index (χ2v) is 7.66. The highest BCUT2D eigenvalue weighted by atomic mass is 32.2. The molecule has 2 fully saturated rings. The predicted molar refractivity (Wildman–Crippen MR) is 93.7 cm³/mol. The van der Waals surface area contributed by atoms with Crippen molar-refractivity contribution in [1.82, 2.24) is 20.2 Å². The number of rotatable bonds is 7. The van der Waals surface area contributed by atoms with Crippen LogP contribution in [0.1, 0.15) is 25.7 Å². The molecule has 1 heterocycles. The second kappa shape index (κ2) is 6.67. The molecule has 0 bridgehead atoms. The van der Waals surface area contributed by atoms with Crippen LogP contribution < -0.4 is 11.2 Å². The van der Waals surface area contributed by atoms with Gasteiger partial charge in [-0.25, -0.2) is 9.07 Å². The molecule has 1 aromatic heterocycles. The highest BCUT2D eigenvalue weighted by Crippen LogP contribution is 2.44. The van der Waals surface area contributed by atoms with E-state index in [0.29, 0.717) is 23.0 Å². The number of nitrogens with two attached hydrogens (primary N) is 1. The number of carbonyl (C=O) groups excluding carboxylic acids is 1. The van der Waals surface area contributed by atoms with Gasteiger partial charge in [0.05, 0.1) is 11.3 Å². The largest absolute Gasteiger partial charge is 0.352 e. The summed E-state index contributed by atoms with van der Waals surface area (Å²) in [7, 11) is 0. The second-order valence-electron chi connectivity index (χ2n) is 6.71. The first-order valence-electron chi connectivity index (χ1n) is 8.51. The van der Waals surface area contributed by atoms with Crippen molar-refractivity contribution < 1.29 is 9.18 Å². The fourth-order valence-electron chi connectivity index (χ4n) is 3.09. The molecule has 2 aliphatic carbocycles. The van der Waals surface area contributed by atoms with Gasteiger partial charge < -0.3 is 11.2 Å². The van der Waals surface area contributed by atoms with E-state index < -0.39 is 5.82 Å². The van der Waals surface area contributed by atoms with Gasteiger partial charge in [0, 0.05) is 6.04 Å². The summed E-state index contributed by atoms with van der Waals surface area (Å²) in [4.78, 5) is 12.2. The van der Waals surface area contributed by atoms with Crippen LogP contribution >= 0.6 is 11.8 Å². The van der Waals surface area contributed by atoms with E-state index in [1.54, 1.807) is 18.2 Å². The number of aromatic nitrogens is 3. The zero-order valence-electron chi connectivity index (χ0n) is 13.7. The molecule has 0 aliphatic heterocycles. The third kappa shape index (κ3) is 3.63. The van der Waals surface area contributed by atoms with Crippen molar-refractivity contribution in [1.29, 1.82) is 0 Å². The van der Waals surface area contributed by atoms with Crippen molar-refractivity contribution in [3.63, 3.8) is 0 Å². The number of nitrogen functional groups attached to an aromatic ring is 1. The molecule has 0 spiro atoms. The van der Waals surface area contributed by atoms with Crippen LogP contribution in [0.4, 0.5) is 4.39 Å². The SMILES string of the molecule is Nn1c(SCC(=O)NC(C2CC2)C2CC2)nnc1-c1ccccc1F. The quantitative estimate of drug-likeness (QED) is 0.583. The van der Waals surface area contributed by atoms with Crippen LogP contribution in [0.25, 0.3) is 11.4 Å². The Balaban J connectivity index is 1.38. The number of halogens is 1. The summed E-state index contributed by atoms with van der Waals surface area (Å²) in [5.74, 6) is 7.35. The standard InChI is InChI=1S/C17H20FN5OS/c18-13-4-2-1-3-12(13)16-21-22-17(23(16)19)25-9-14(24)20-15(10-5-6-10)11-7-8-11/h1-4,10-11,15H,5-9,19H2,(H,20,24). The van der Waals surface area contributed by atoms with Crippen LogP contribution in [0.15, 0.2) is 29.4 Å². The van der Waals surface area contributed by atoms with Crippen molar-refractivity contribution >= 4 is 17.7 Å². The first-order valence-corrected chi connectivity index (χ1v) is 9.49. The van der Waals surface area contributed by atoms with Crippen LogP contribution in [0.3, 0.4) is 0 Å². The van der Waals surface area contributed by atoms with E-state index in [-0.39, 0.29) is 23.0 Å². The lowest BCUT2D eigenvalue weighted by atomic mass is 10.1. The zero-order chi connectivity index (χ0) is 17.4. The van der Waals surface area contributed by atoms with E-state index in [1.165, 1.54) is 48.2 Å². The maximum atomic E-state index is 13.9. The topological polar surface area (TPSA) is 85.8 Å². The predicted octanol–water partition coefficient (Wildman–Crippen LogP) is 2.19.